The van der Waals surface area contributed by atoms with Gasteiger partial charge in [-0.25, -0.2) is 0 Å². The van der Waals surface area contributed by atoms with E-state index in [9.17, 15) is 4.79 Å². The second-order valence-electron chi connectivity index (χ2n) is 5.66. The second kappa shape index (κ2) is 6.19. The smallest absolute Gasteiger partial charge is 0.233 e. The number of nitrogens with zero attached hydrogens (tertiary/aromatic N) is 2. The van der Waals surface area contributed by atoms with Crippen molar-refractivity contribution in [1.82, 2.24) is 9.80 Å². The van der Waals surface area contributed by atoms with E-state index in [0.717, 1.165) is 13.1 Å². The van der Waals surface area contributed by atoms with Crippen LogP contribution >= 0.6 is 11.8 Å². The molecule has 1 unspecified atom stereocenters. The standard InChI is InChI=1S/C16H22N2OS/c1-13-6-2-3-7-14(13)16-18(15(19)12-20-16)11-10-17-8-4-5-9-17/h2-3,6-7,16H,4-5,8-12H2,1H3. The van der Waals surface area contributed by atoms with Crippen LogP contribution in [-0.4, -0.2) is 47.6 Å². The van der Waals surface area contributed by atoms with Gasteiger partial charge >= 0.3 is 0 Å². The van der Waals surface area contributed by atoms with Crippen LogP contribution in [0.5, 0.6) is 0 Å². The van der Waals surface area contributed by atoms with Crippen LogP contribution in [0.1, 0.15) is 29.3 Å². The summed E-state index contributed by atoms with van der Waals surface area (Å²) in [4.78, 5) is 16.7. The molecule has 20 heavy (non-hydrogen) atoms. The van der Waals surface area contributed by atoms with E-state index in [1.165, 1.54) is 37.1 Å². The third kappa shape index (κ3) is 2.86. The Morgan fingerprint density at radius 2 is 1.95 bits per heavy atom. The molecule has 3 nitrogen and oxygen atoms in total. The average Bonchev–Trinajstić information content (AvgIpc) is 3.07. The van der Waals surface area contributed by atoms with E-state index in [-0.39, 0.29) is 5.37 Å². The van der Waals surface area contributed by atoms with Crippen molar-refractivity contribution in [2.24, 2.45) is 0 Å². The lowest BCUT2D eigenvalue weighted by Gasteiger charge is -2.27. The average molecular weight is 290 g/mol. The van der Waals surface area contributed by atoms with Crippen LogP contribution in [0, 0.1) is 6.92 Å². The SMILES string of the molecule is Cc1ccccc1C1SCC(=O)N1CCN1CCCC1. The summed E-state index contributed by atoms with van der Waals surface area (Å²) in [5.74, 6) is 0.918. The highest BCUT2D eigenvalue weighted by Gasteiger charge is 2.33. The molecule has 108 valence electrons. The van der Waals surface area contributed by atoms with Crippen molar-refractivity contribution in [2.75, 3.05) is 31.9 Å². The fourth-order valence-electron chi connectivity index (χ4n) is 3.07. The fourth-order valence-corrected chi connectivity index (χ4v) is 4.39. The summed E-state index contributed by atoms with van der Waals surface area (Å²) in [6, 6.07) is 8.44. The van der Waals surface area contributed by atoms with Crippen molar-refractivity contribution in [3.8, 4) is 0 Å². The fraction of sp³-hybridized carbons (Fsp3) is 0.562. The summed E-state index contributed by atoms with van der Waals surface area (Å²) in [7, 11) is 0. The molecule has 2 fully saturated rings. The van der Waals surface area contributed by atoms with E-state index >= 15 is 0 Å². The summed E-state index contributed by atoms with van der Waals surface area (Å²) in [5.41, 5.74) is 2.58. The molecule has 2 aliphatic rings. The van der Waals surface area contributed by atoms with Crippen LogP contribution in [-0.2, 0) is 4.79 Å². The third-order valence-corrected chi connectivity index (χ3v) is 5.52. The van der Waals surface area contributed by atoms with E-state index < -0.39 is 0 Å². The predicted octanol–water partition coefficient (Wildman–Crippen LogP) is 2.66. The Kier molecular flexibility index (Phi) is 4.32. The van der Waals surface area contributed by atoms with Gasteiger partial charge in [0, 0.05) is 13.1 Å². The molecule has 0 aromatic heterocycles. The number of amides is 1. The zero-order valence-corrected chi connectivity index (χ0v) is 12.9. The number of hydrogen-bond acceptors (Lipinski definition) is 3. The van der Waals surface area contributed by atoms with E-state index in [2.05, 4.69) is 41.0 Å². The maximum absolute atomic E-state index is 12.2. The number of benzene rings is 1. The first-order valence-electron chi connectivity index (χ1n) is 7.44. The zero-order valence-electron chi connectivity index (χ0n) is 12.0. The van der Waals surface area contributed by atoms with Crippen molar-refractivity contribution in [3.63, 3.8) is 0 Å². The van der Waals surface area contributed by atoms with Gasteiger partial charge < -0.3 is 9.80 Å². The molecule has 0 aliphatic carbocycles. The third-order valence-electron chi connectivity index (χ3n) is 4.28. The predicted molar refractivity (Wildman–Crippen MR) is 83.8 cm³/mol. The summed E-state index contributed by atoms with van der Waals surface area (Å²) in [6.07, 6.45) is 2.62. The molecule has 1 amide bonds. The molecule has 2 heterocycles. The molecule has 1 aromatic rings. The normalized spacial score (nSPS) is 23.8. The molecule has 0 spiro atoms. The maximum atomic E-state index is 12.2. The summed E-state index contributed by atoms with van der Waals surface area (Å²) in [6.45, 7) is 6.42. The van der Waals surface area contributed by atoms with Crippen molar-refractivity contribution < 1.29 is 4.79 Å². The lowest BCUT2D eigenvalue weighted by atomic mass is 10.1. The first kappa shape index (κ1) is 14.0. The largest absolute Gasteiger partial charge is 0.325 e. The number of hydrogen-bond donors (Lipinski definition) is 0. The molecule has 1 aromatic carbocycles. The summed E-state index contributed by atoms with van der Waals surface area (Å²) in [5, 5.41) is 0.214. The summed E-state index contributed by atoms with van der Waals surface area (Å²) < 4.78 is 0. The van der Waals surface area contributed by atoms with E-state index in [1.807, 2.05) is 0 Å². The van der Waals surface area contributed by atoms with Gasteiger partial charge in [-0.05, 0) is 44.0 Å². The van der Waals surface area contributed by atoms with Crippen LogP contribution in [0.2, 0.25) is 0 Å². The van der Waals surface area contributed by atoms with Gasteiger partial charge in [-0.15, -0.1) is 11.8 Å². The van der Waals surface area contributed by atoms with Crippen molar-refractivity contribution >= 4 is 17.7 Å². The van der Waals surface area contributed by atoms with Gasteiger partial charge in [0.2, 0.25) is 5.91 Å². The van der Waals surface area contributed by atoms with Gasteiger partial charge in [0.15, 0.2) is 0 Å². The molecular weight excluding hydrogens is 268 g/mol. The molecule has 2 saturated heterocycles. The zero-order chi connectivity index (χ0) is 13.9. The number of likely N-dealkylation sites (tertiary alicyclic amines) is 1. The van der Waals surface area contributed by atoms with E-state index in [4.69, 9.17) is 0 Å². The molecule has 0 saturated carbocycles. The minimum atomic E-state index is 0.214. The first-order valence-corrected chi connectivity index (χ1v) is 8.49. The van der Waals surface area contributed by atoms with Gasteiger partial charge in [0.1, 0.15) is 5.37 Å². The minimum absolute atomic E-state index is 0.214. The van der Waals surface area contributed by atoms with Gasteiger partial charge in [0.25, 0.3) is 0 Å². The van der Waals surface area contributed by atoms with Crippen LogP contribution in [0.25, 0.3) is 0 Å². The van der Waals surface area contributed by atoms with Gasteiger partial charge in [0.05, 0.1) is 5.75 Å². The van der Waals surface area contributed by atoms with Gasteiger partial charge in [-0.1, -0.05) is 24.3 Å². The van der Waals surface area contributed by atoms with Crippen LogP contribution in [0.3, 0.4) is 0 Å². The highest BCUT2D eigenvalue weighted by molar-refractivity contribution is 8.00. The van der Waals surface area contributed by atoms with Gasteiger partial charge in [-0.2, -0.15) is 0 Å². The monoisotopic (exact) mass is 290 g/mol. The molecule has 2 aliphatic heterocycles. The maximum Gasteiger partial charge on any atom is 0.233 e. The highest BCUT2D eigenvalue weighted by Crippen LogP contribution is 2.39. The quantitative estimate of drug-likeness (QED) is 0.852. The Labute approximate surface area is 125 Å². The van der Waals surface area contributed by atoms with E-state index in [0.29, 0.717) is 11.7 Å². The van der Waals surface area contributed by atoms with Crippen LogP contribution in [0.15, 0.2) is 24.3 Å². The van der Waals surface area contributed by atoms with Gasteiger partial charge in [-0.3, -0.25) is 4.79 Å². The Morgan fingerprint density at radius 1 is 1.20 bits per heavy atom. The van der Waals surface area contributed by atoms with Crippen LogP contribution < -0.4 is 0 Å². The molecule has 3 rings (SSSR count). The second-order valence-corrected chi connectivity index (χ2v) is 6.72. The lowest BCUT2D eigenvalue weighted by Crippen LogP contribution is -2.36. The molecule has 4 heteroatoms. The van der Waals surface area contributed by atoms with Crippen molar-refractivity contribution in [1.29, 1.82) is 0 Å². The first-order chi connectivity index (χ1) is 9.75. The number of thioether (sulfide) groups is 1. The van der Waals surface area contributed by atoms with E-state index in [1.54, 1.807) is 11.8 Å². The lowest BCUT2D eigenvalue weighted by molar-refractivity contribution is -0.128. The molecule has 0 bridgehead atoms. The number of aryl methyl sites for hydroxylation is 1. The van der Waals surface area contributed by atoms with Crippen molar-refractivity contribution in [3.05, 3.63) is 35.4 Å². The Morgan fingerprint density at radius 3 is 2.70 bits per heavy atom. The Bertz CT molecular complexity index is 485. The number of rotatable bonds is 4. The topological polar surface area (TPSA) is 23.6 Å². The number of carbonyl (C=O) groups excluding carboxylic acids is 1. The summed E-state index contributed by atoms with van der Waals surface area (Å²) >= 11 is 1.77. The Hall–Kier alpha value is -1.00. The van der Waals surface area contributed by atoms with Crippen molar-refractivity contribution in [2.45, 2.75) is 25.1 Å². The van der Waals surface area contributed by atoms with Crippen LogP contribution in [0.4, 0.5) is 0 Å². The Balaban J connectivity index is 1.70. The highest BCUT2D eigenvalue weighted by atomic mass is 32.2. The molecule has 0 radical (unpaired) electrons. The molecular formula is C16H22N2OS. The molecule has 0 N–H and O–H groups in total. The number of carbonyl (C=O) groups is 1. The molecule has 1 atom stereocenters. The minimum Gasteiger partial charge on any atom is -0.325 e.